The van der Waals surface area contributed by atoms with E-state index in [2.05, 4.69) is 4.99 Å². The zero-order valence-electron chi connectivity index (χ0n) is 21.4. The lowest BCUT2D eigenvalue weighted by molar-refractivity contribution is -0.129. The van der Waals surface area contributed by atoms with Crippen LogP contribution in [0.5, 0.6) is 28.7 Å². The second-order valence-electron chi connectivity index (χ2n) is 7.90. The monoisotopic (exact) mass is 571 g/mol. The molecule has 11 heteroatoms. The quantitative estimate of drug-likeness (QED) is 0.175. The van der Waals surface area contributed by atoms with Crippen molar-refractivity contribution in [2.45, 2.75) is 6.92 Å². The number of nitrogens with zero attached hydrogens (tertiary/aromatic N) is 1. The first-order chi connectivity index (χ1) is 18.8. The second kappa shape index (κ2) is 12.1. The Morgan fingerprint density at radius 3 is 2.26 bits per heavy atom. The molecule has 9 nitrogen and oxygen atoms in total. The average Bonchev–Trinajstić information content (AvgIpc) is 3.28. The molecule has 0 radical (unpaired) electrons. The van der Waals surface area contributed by atoms with Crippen molar-refractivity contribution >= 4 is 47.1 Å². The summed E-state index contributed by atoms with van der Waals surface area (Å²) in [6.45, 7) is 2.09. The van der Waals surface area contributed by atoms with Crippen molar-refractivity contribution in [3.05, 3.63) is 81.0 Å². The lowest BCUT2D eigenvalue weighted by Gasteiger charge is -2.15. The number of halogens is 2. The highest BCUT2D eigenvalue weighted by Gasteiger charge is 2.26. The fraction of sp³-hybridized carbons (Fsp3) is 0.179. The Morgan fingerprint density at radius 2 is 1.64 bits per heavy atom. The molecule has 0 atom stereocenters. The molecule has 0 fully saturated rings. The highest BCUT2D eigenvalue weighted by Crippen LogP contribution is 2.39. The highest BCUT2D eigenvalue weighted by atomic mass is 35.5. The molecule has 1 aliphatic rings. The molecule has 1 aliphatic heterocycles. The molecule has 4 rings (SSSR count). The Kier molecular flexibility index (Phi) is 8.63. The van der Waals surface area contributed by atoms with Crippen molar-refractivity contribution in [2.24, 2.45) is 4.99 Å². The molecule has 3 aromatic carbocycles. The number of carbonyl (C=O) groups excluding carboxylic acids is 2. The van der Waals surface area contributed by atoms with Crippen molar-refractivity contribution in [3.63, 3.8) is 0 Å². The summed E-state index contributed by atoms with van der Waals surface area (Å²) in [6.07, 6.45) is 1.52. The van der Waals surface area contributed by atoms with Crippen molar-refractivity contribution in [2.75, 3.05) is 27.9 Å². The number of benzene rings is 3. The summed E-state index contributed by atoms with van der Waals surface area (Å²) in [6, 6.07) is 12.5. The van der Waals surface area contributed by atoms with E-state index in [0.717, 1.165) is 0 Å². The summed E-state index contributed by atoms with van der Waals surface area (Å²) < 4.78 is 32.5. The van der Waals surface area contributed by atoms with E-state index >= 15 is 0 Å². The number of cyclic esters (lactones) is 1. The van der Waals surface area contributed by atoms with Gasteiger partial charge >= 0.3 is 11.9 Å². The van der Waals surface area contributed by atoms with Gasteiger partial charge in [0.15, 0.2) is 28.7 Å². The van der Waals surface area contributed by atoms with Crippen LogP contribution in [0.25, 0.3) is 6.08 Å². The van der Waals surface area contributed by atoms with E-state index < -0.39 is 11.9 Å². The molecule has 0 bridgehead atoms. The Hall–Kier alpha value is -4.21. The smallest absolute Gasteiger partial charge is 0.363 e. The Bertz CT molecular complexity index is 1470. The second-order valence-corrected chi connectivity index (χ2v) is 8.75. The first kappa shape index (κ1) is 27.8. The zero-order chi connectivity index (χ0) is 28.1. The maximum Gasteiger partial charge on any atom is 0.363 e. The summed E-state index contributed by atoms with van der Waals surface area (Å²) >= 11 is 12.2. The molecule has 0 saturated carbocycles. The third-order valence-electron chi connectivity index (χ3n) is 5.46. The molecular formula is C28H23Cl2NO8. The summed E-state index contributed by atoms with van der Waals surface area (Å²) in [5.74, 6) is 0.153. The molecule has 0 spiro atoms. The molecule has 3 aromatic rings. The third kappa shape index (κ3) is 6.10. The highest BCUT2D eigenvalue weighted by molar-refractivity contribution is 6.37. The Balaban J connectivity index is 1.62. The number of rotatable bonds is 9. The topological polar surface area (TPSA) is 102 Å². The number of carbonyl (C=O) groups is 2. The van der Waals surface area contributed by atoms with Crippen LogP contribution in [0.15, 0.2) is 59.2 Å². The van der Waals surface area contributed by atoms with Gasteiger partial charge in [-0.1, -0.05) is 29.3 Å². The van der Waals surface area contributed by atoms with Crippen molar-refractivity contribution in [3.8, 4) is 28.7 Å². The summed E-state index contributed by atoms with van der Waals surface area (Å²) in [5, 5.41) is 0.742. The van der Waals surface area contributed by atoms with Crippen molar-refractivity contribution in [1.82, 2.24) is 0 Å². The van der Waals surface area contributed by atoms with Crippen LogP contribution >= 0.6 is 23.2 Å². The first-order valence-corrected chi connectivity index (χ1v) is 12.3. The van der Waals surface area contributed by atoms with Crippen molar-refractivity contribution in [1.29, 1.82) is 0 Å². The number of ether oxygens (including phenoxy) is 6. The van der Waals surface area contributed by atoms with Gasteiger partial charge in [-0.15, -0.1) is 0 Å². The summed E-state index contributed by atoms with van der Waals surface area (Å²) in [7, 11) is 4.36. The minimum Gasteiger partial charge on any atom is -0.493 e. The van der Waals surface area contributed by atoms with E-state index in [1.54, 1.807) is 37.3 Å². The molecule has 0 aliphatic carbocycles. The van der Waals surface area contributed by atoms with Gasteiger partial charge in [0.05, 0.1) is 44.1 Å². The van der Waals surface area contributed by atoms with Crippen LogP contribution in [-0.4, -0.2) is 45.8 Å². The molecule has 0 aromatic heterocycles. The summed E-state index contributed by atoms with van der Waals surface area (Å²) in [5.41, 5.74) is 1.22. The van der Waals surface area contributed by atoms with Crippen LogP contribution in [0.2, 0.25) is 10.0 Å². The van der Waals surface area contributed by atoms with Crippen LogP contribution in [0.1, 0.15) is 28.4 Å². The van der Waals surface area contributed by atoms with Crippen LogP contribution in [0, 0.1) is 0 Å². The van der Waals surface area contributed by atoms with Crippen LogP contribution < -0.4 is 23.7 Å². The third-order valence-corrected chi connectivity index (χ3v) is 6.00. The Labute approximate surface area is 234 Å². The van der Waals surface area contributed by atoms with Gasteiger partial charge in [-0.3, -0.25) is 0 Å². The molecule has 0 saturated heterocycles. The van der Waals surface area contributed by atoms with Gasteiger partial charge in [0.2, 0.25) is 11.6 Å². The molecule has 202 valence electrons. The van der Waals surface area contributed by atoms with E-state index in [-0.39, 0.29) is 28.7 Å². The van der Waals surface area contributed by atoms with E-state index in [9.17, 15) is 9.59 Å². The van der Waals surface area contributed by atoms with Gasteiger partial charge in [-0.25, -0.2) is 14.6 Å². The molecule has 1 heterocycles. The minimum absolute atomic E-state index is 0.0561. The fourth-order valence-corrected chi connectivity index (χ4v) is 4.16. The number of hydrogen-bond donors (Lipinski definition) is 0. The van der Waals surface area contributed by atoms with Crippen LogP contribution in [-0.2, 0) is 9.53 Å². The summed E-state index contributed by atoms with van der Waals surface area (Å²) in [4.78, 5) is 29.7. The number of aliphatic imine (C=N–C) groups is 1. The lowest BCUT2D eigenvalue weighted by Crippen LogP contribution is -2.11. The lowest BCUT2D eigenvalue weighted by atomic mass is 10.1. The standard InChI is InChI=1S/C28H23Cl2NO8/c1-5-37-22-11-15(10-20-28(33)39-26(31-20)18-8-7-17(29)14-19(18)30)6-9-21(22)38-27(32)16-12-23(34-2)25(36-4)24(13-16)35-3/h6-14H,5H2,1-4H3/b20-10+. The van der Waals surface area contributed by atoms with Gasteiger partial charge < -0.3 is 28.4 Å². The van der Waals surface area contributed by atoms with Gasteiger partial charge in [-0.05, 0) is 61.0 Å². The van der Waals surface area contributed by atoms with E-state index in [1.807, 2.05) is 0 Å². The normalized spacial score (nSPS) is 13.5. The van der Waals surface area contributed by atoms with E-state index in [0.29, 0.717) is 45.0 Å². The van der Waals surface area contributed by atoms with Gasteiger partial charge in [0.1, 0.15) is 0 Å². The van der Waals surface area contributed by atoms with Crippen LogP contribution in [0.4, 0.5) is 0 Å². The number of hydrogen-bond acceptors (Lipinski definition) is 9. The van der Waals surface area contributed by atoms with Gasteiger partial charge in [-0.2, -0.15) is 0 Å². The molecule has 0 unspecified atom stereocenters. The van der Waals surface area contributed by atoms with Crippen molar-refractivity contribution < 1.29 is 38.0 Å². The minimum atomic E-state index is -0.672. The molecular weight excluding hydrogens is 549 g/mol. The maximum atomic E-state index is 13.0. The zero-order valence-corrected chi connectivity index (χ0v) is 22.9. The predicted octanol–water partition coefficient (Wildman–Crippen LogP) is 5.98. The Morgan fingerprint density at radius 1 is 0.923 bits per heavy atom. The predicted molar refractivity (Wildman–Crippen MR) is 146 cm³/mol. The van der Waals surface area contributed by atoms with E-state index in [4.69, 9.17) is 51.6 Å². The molecule has 39 heavy (non-hydrogen) atoms. The van der Waals surface area contributed by atoms with Gasteiger partial charge in [0, 0.05) is 5.02 Å². The number of methoxy groups -OCH3 is 3. The van der Waals surface area contributed by atoms with Crippen LogP contribution in [0.3, 0.4) is 0 Å². The fourth-order valence-electron chi connectivity index (χ4n) is 3.67. The molecule has 0 N–H and O–H groups in total. The molecule has 0 amide bonds. The first-order valence-electron chi connectivity index (χ1n) is 11.5. The SMILES string of the molecule is CCOc1cc(/C=C2/N=C(c3ccc(Cl)cc3Cl)OC2=O)ccc1OC(=O)c1cc(OC)c(OC)c(OC)c1. The number of esters is 2. The average molecular weight is 572 g/mol. The van der Waals surface area contributed by atoms with E-state index in [1.165, 1.54) is 45.6 Å². The van der Waals surface area contributed by atoms with Gasteiger partial charge in [0.25, 0.3) is 0 Å². The largest absolute Gasteiger partial charge is 0.493 e. The maximum absolute atomic E-state index is 13.0.